The molecule has 0 aliphatic carbocycles. The number of fused-ring (bicyclic) bond motifs is 1. The van der Waals surface area contributed by atoms with Gasteiger partial charge in [-0.15, -0.1) is 0 Å². The van der Waals surface area contributed by atoms with Crippen LogP contribution in [0, 0.1) is 11.6 Å². The highest BCUT2D eigenvalue weighted by Gasteiger charge is 2.23. The first-order valence-electron chi connectivity index (χ1n) is 11.2. The predicted octanol–water partition coefficient (Wildman–Crippen LogP) is 3.25. The number of amides is 1. The van der Waals surface area contributed by atoms with Crippen LogP contribution in [0.3, 0.4) is 0 Å². The summed E-state index contributed by atoms with van der Waals surface area (Å²) in [5, 5.41) is 17.4. The Morgan fingerprint density at radius 2 is 2.03 bits per heavy atom. The molecule has 34 heavy (non-hydrogen) atoms. The SMILES string of the molecule is COc1ccc2nccc(C(O)CN3CCC(NCC(=O)Nc4cccc(F)c4F)CC3)c2c1. The lowest BCUT2D eigenvalue weighted by Crippen LogP contribution is -2.45. The summed E-state index contributed by atoms with van der Waals surface area (Å²) in [5.74, 6) is -1.78. The van der Waals surface area contributed by atoms with Gasteiger partial charge in [0, 0.05) is 24.2 Å². The smallest absolute Gasteiger partial charge is 0.238 e. The zero-order valence-corrected chi connectivity index (χ0v) is 18.9. The van der Waals surface area contributed by atoms with E-state index in [2.05, 4.69) is 20.5 Å². The van der Waals surface area contributed by atoms with Crippen LogP contribution >= 0.6 is 0 Å². The molecule has 2 heterocycles. The Bertz CT molecular complexity index is 1150. The Hall–Kier alpha value is -3.14. The minimum atomic E-state index is -1.07. The van der Waals surface area contributed by atoms with Crippen molar-refractivity contribution < 1.29 is 23.4 Å². The molecule has 1 aliphatic rings. The highest BCUT2D eigenvalue weighted by Crippen LogP contribution is 2.27. The number of anilines is 1. The average Bonchev–Trinajstić information content (AvgIpc) is 2.85. The minimum absolute atomic E-state index is 0.00802. The van der Waals surface area contributed by atoms with Gasteiger partial charge in [0.25, 0.3) is 0 Å². The van der Waals surface area contributed by atoms with E-state index in [4.69, 9.17) is 4.74 Å². The Morgan fingerprint density at radius 3 is 2.79 bits per heavy atom. The number of halogens is 2. The number of methoxy groups -OCH3 is 1. The third kappa shape index (κ3) is 5.67. The summed E-state index contributed by atoms with van der Waals surface area (Å²) >= 11 is 0. The molecule has 1 unspecified atom stereocenters. The van der Waals surface area contributed by atoms with Crippen LogP contribution in [0.15, 0.2) is 48.7 Å². The number of hydrogen-bond donors (Lipinski definition) is 3. The van der Waals surface area contributed by atoms with Crippen LogP contribution in [-0.4, -0.2) is 60.2 Å². The van der Waals surface area contributed by atoms with Crippen LogP contribution in [0.2, 0.25) is 0 Å². The fourth-order valence-electron chi connectivity index (χ4n) is 4.26. The highest BCUT2D eigenvalue weighted by molar-refractivity contribution is 5.92. The summed E-state index contributed by atoms with van der Waals surface area (Å²) < 4.78 is 32.3. The third-order valence-corrected chi connectivity index (χ3v) is 6.14. The number of nitrogens with one attached hydrogen (secondary N) is 2. The Kier molecular flexibility index (Phi) is 7.66. The molecule has 1 aromatic heterocycles. The minimum Gasteiger partial charge on any atom is -0.497 e. The van der Waals surface area contributed by atoms with Crippen molar-refractivity contribution in [3.63, 3.8) is 0 Å². The number of aromatic nitrogens is 1. The third-order valence-electron chi connectivity index (χ3n) is 6.14. The molecule has 3 N–H and O–H groups in total. The summed E-state index contributed by atoms with van der Waals surface area (Å²) in [5.41, 5.74) is 1.44. The van der Waals surface area contributed by atoms with Gasteiger partial charge in [-0.1, -0.05) is 6.07 Å². The molecule has 1 atom stereocenters. The summed E-state index contributed by atoms with van der Waals surface area (Å²) in [6, 6.07) is 11.2. The van der Waals surface area contributed by atoms with E-state index in [1.807, 2.05) is 24.3 Å². The maximum Gasteiger partial charge on any atom is 0.238 e. The summed E-state index contributed by atoms with van der Waals surface area (Å²) in [6.45, 7) is 2.03. The van der Waals surface area contributed by atoms with Gasteiger partial charge in [0.05, 0.1) is 31.0 Å². The van der Waals surface area contributed by atoms with E-state index in [-0.39, 0.29) is 18.3 Å². The van der Waals surface area contributed by atoms with E-state index in [9.17, 15) is 18.7 Å². The Labute approximate surface area is 196 Å². The first-order chi connectivity index (χ1) is 16.4. The average molecular weight is 471 g/mol. The number of hydrogen-bond acceptors (Lipinski definition) is 6. The molecular formula is C25H28F2N4O3. The number of benzene rings is 2. The number of ether oxygens (including phenoxy) is 1. The lowest BCUT2D eigenvalue weighted by Gasteiger charge is -2.33. The summed E-state index contributed by atoms with van der Waals surface area (Å²) in [6.07, 6.45) is 2.64. The van der Waals surface area contributed by atoms with Gasteiger partial charge in [0.1, 0.15) is 5.75 Å². The fraction of sp³-hybridized carbons (Fsp3) is 0.360. The molecule has 1 saturated heterocycles. The van der Waals surface area contributed by atoms with Gasteiger partial charge in [-0.3, -0.25) is 9.78 Å². The lowest BCUT2D eigenvalue weighted by atomic mass is 10.0. The maximum atomic E-state index is 13.7. The molecule has 1 fully saturated rings. The molecule has 3 aromatic rings. The van der Waals surface area contributed by atoms with E-state index >= 15 is 0 Å². The quantitative estimate of drug-likeness (QED) is 0.469. The summed E-state index contributed by atoms with van der Waals surface area (Å²) in [4.78, 5) is 18.7. The van der Waals surface area contributed by atoms with Crippen LogP contribution < -0.4 is 15.4 Å². The molecule has 7 nitrogen and oxygen atoms in total. The van der Waals surface area contributed by atoms with Crippen molar-refractivity contribution in [2.45, 2.75) is 25.0 Å². The highest BCUT2D eigenvalue weighted by atomic mass is 19.2. The number of aliphatic hydroxyl groups excluding tert-OH is 1. The van der Waals surface area contributed by atoms with Crippen molar-refractivity contribution in [3.8, 4) is 5.75 Å². The largest absolute Gasteiger partial charge is 0.497 e. The van der Waals surface area contributed by atoms with Crippen molar-refractivity contribution in [1.29, 1.82) is 0 Å². The molecule has 180 valence electrons. The molecule has 2 aromatic carbocycles. The first-order valence-corrected chi connectivity index (χ1v) is 11.2. The van der Waals surface area contributed by atoms with Gasteiger partial charge < -0.3 is 25.4 Å². The molecule has 0 saturated carbocycles. The lowest BCUT2D eigenvalue weighted by molar-refractivity contribution is -0.115. The molecule has 0 radical (unpaired) electrons. The van der Waals surface area contributed by atoms with Crippen LogP contribution in [0.4, 0.5) is 14.5 Å². The van der Waals surface area contributed by atoms with Crippen LogP contribution in [0.25, 0.3) is 10.9 Å². The second-order valence-corrected chi connectivity index (χ2v) is 8.40. The number of piperidine rings is 1. The first kappa shape index (κ1) is 24.0. The summed E-state index contributed by atoms with van der Waals surface area (Å²) in [7, 11) is 1.61. The van der Waals surface area contributed by atoms with Crippen LogP contribution in [0.5, 0.6) is 5.75 Å². The molecule has 4 rings (SSSR count). The van der Waals surface area contributed by atoms with Gasteiger partial charge in [-0.25, -0.2) is 8.78 Å². The van der Waals surface area contributed by atoms with E-state index in [1.165, 1.54) is 12.1 Å². The number of rotatable bonds is 8. The normalized spacial score (nSPS) is 15.9. The molecule has 0 spiro atoms. The van der Waals surface area contributed by atoms with E-state index in [0.717, 1.165) is 48.5 Å². The Balaban J connectivity index is 1.26. The predicted molar refractivity (Wildman–Crippen MR) is 126 cm³/mol. The number of likely N-dealkylation sites (tertiary alicyclic amines) is 1. The van der Waals surface area contributed by atoms with Crippen molar-refractivity contribution in [2.75, 3.05) is 38.6 Å². The maximum absolute atomic E-state index is 13.7. The van der Waals surface area contributed by atoms with Crippen molar-refractivity contribution in [2.24, 2.45) is 0 Å². The molecular weight excluding hydrogens is 442 g/mol. The van der Waals surface area contributed by atoms with Crippen LogP contribution in [0.1, 0.15) is 24.5 Å². The number of nitrogens with zero attached hydrogens (tertiary/aromatic N) is 2. The number of pyridine rings is 1. The second-order valence-electron chi connectivity index (χ2n) is 8.40. The monoisotopic (exact) mass is 470 g/mol. The molecule has 9 heteroatoms. The van der Waals surface area contributed by atoms with Gasteiger partial charge in [0.15, 0.2) is 11.6 Å². The second kappa shape index (κ2) is 10.9. The van der Waals surface area contributed by atoms with Crippen molar-refractivity contribution in [1.82, 2.24) is 15.2 Å². The zero-order chi connectivity index (χ0) is 24.1. The molecule has 1 aliphatic heterocycles. The van der Waals surface area contributed by atoms with Gasteiger partial charge in [-0.05, 0) is 67.9 Å². The van der Waals surface area contributed by atoms with E-state index in [1.54, 1.807) is 13.3 Å². The molecule has 0 bridgehead atoms. The standard InChI is InChI=1S/C25H28F2N4O3/c1-34-17-5-6-21-19(13-17)18(7-10-28-21)23(32)15-31-11-8-16(9-12-31)29-14-24(33)30-22-4-2-3-20(26)25(22)27/h2-7,10,13,16,23,29,32H,8-9,11-12,14-15H2,1H3,(H,30,33). The number of carbonyl (C=O) groups is 1. The van der Waals surface area contributed by atoms with Gasteiger partial charge in [-0.2, -0.15) is 0 Å². The van der Waals surface area contributed by atoms with E-state index < -0.39 is 23.6 Å². The van der Waals surface area contributed by atoms with Crippen LogP contribution in [-0.2, 0) is 4.79 Å². The number of aliphatic hydroxyl groups is 1. The van der Waals surface area contributed by atoms with Crippen molar-refractivity contribution >= 4 is 22.5 Å². The zero-order valence-electron chi connectivity index (χ0n) is 18.9. The molecule has 1 amide bonds. The Morgan fingerprint density at radius 1 is 1.24 bits per heavy atom. The van der Waals surface area contributed by atoms with Gasteiger partial charge >= 0.3 is 0 Å². The van der Waals surface area contributed by atoms with Gasteiger partial charge in [0.2, 0.25) is 5.91 Å². The van der Waals surface area contributed by atoms with Crippen molar-refractivity contribution in [3.05, 3.63) is 65.9 Å². The topological polar surface area (TPSA) is 86.7 Å². The van der Waals surface area contributed by atoms with E-state index in [0.29, 0.717) is 12.3 Å². The number of carbonyl (C=O) groups excluding carboxylic acids is 1. The fourth-order valence-corrected chi connectivity index (χ4v) is 4.26. The number of β-amino-alcohol motifs (C(OH)–C–C–N with tert-alkyl or cyclic N) is 1.